The third-order valence-corrected chi connectivity index (χ3v) is 3.93. The summed E-state index contributed by atoms with van der Waals surface area (Å²) in [4.78, 5) is 0. The molecule has 7 heteroatoms. The number of rotatable bonds is 4. The number of hydrogen-bond donors (Lipinski definition) is 0. The summed E-state index contributed by atoms with van der Waals surface area (Å²) < 4.78 is 54.9. The van der Waals surface area contributed by atoms with Gasteiger partial charge in [0.25, 0.3) is 0 Å². The van der Waals surface area contributed by atoms with Gasteiger partial charge in [-0.25, -0.2) is 8.78 Å². The first-order chi connectivity index (χ1) is 5.56. The van der Waals surface area contributed by atoms with Gasteiger partial charge >= 0.3 is 11.7 Å². The Morgan fingerprint density at radius 1 is 1.23 bits per heavy atom. The largest absolute Gasteiger partial charge is 0.416 e. The van der Waals surface area contributed by atoms with Crippen molar-refractivity contribution < 1.29 is 22.3 Å². The molecule has 0 N–H and O–H groups in total. The van der Waals surface area contributed by atoms with E-state index in [0.717, 1.165) is 13.1 Å². The lowest BCUT2D eigenvalue weighted by Gasteiger charge is -2.32. The quantitative estimate of drug-likeness (QED) is 0.415. The summed E-state index contributed by atoms with van der Waals surface area (Å²) in [5, 5.41) is 0. The van der Waals surface area contributed by atoms with Crippen molar-refractivity contribution in [3.05, 3.63) is 0 Å². The van der Waals surface area contributed by atoms with Crippen molar-refractivity contribution in [3.63, 3.8) is 0 Å². The second kappa shape index (κ2) is 3.74. The lowest BCUT2D eigenvalue weighted by atomic mass is 10.6. The van der Waals surface area contributed by atoms with Crippen LogP contribution in [0.15, 0.2) is 0 Å². The molecule has 0 aromatic heterocycles. The Kier molecular flexibility index (Phi) is 3.80. The summed E-state index contributed by atoms with van der Waals surface area (Å²) in [7, 11) is -3.79. The molecular weight excluding hydrogens is 228 g/mol. The van der Waals surface area contributed by atoms with Gasteiger partial charge in [-0.3, -0.25) is 0 Å². The zero-order valence-electron chi connectivity index (χ0n) is 7.51. The van der Waals surface area contributed by atoms with Crippen molar-refractivity contribution in [1.82, 2.24) is 0 Å². The molecule has 0 amide bonds. The van der Waals surface area contributed by atoms with Crippen LogP contribution < -0.4 is 0 Å². The molecule has 0 aromatic carbocycles. The fourth-order valence-electron chi connectivity index (χ4n) is 0.618. The predicted octanol–water partition coefficient (Wildman–Crippen LogP) is 3.23. The van der Waals surface area contributed by atoms with Crippen molar-refractivity contribution in [2.24, 2.45) is 0 Å². The minimum atomic E-state index is -4.47. The van der Waals surface area contributed by atoms with Crippen LogP contribution in [0.4, 0.5) is 17.6 Å². The van der Waals surface area contributed by atoms with Gasteiger partial charge in [0.05, 0.1) is 6.61 Å². The molecular formula is C6H11ClF4OSi. The molecule has 0 atom stereocenters. The predicted molar refractivity (Wildman–Crippen MR) is 44.9 cm³/mol. The maximum Gasteiger partial charge on any atom is 0.416 e. The molecule has 0 aliphatic heterocycles. The Labute approximate surface area is 79.7 Å². The minimum Gasteiger partial charge on any atom is -0.316 e. The molecule has 0 fully saturated rings. The molecule has 1 nitrogen and oxygen atoms in total. The molecule has 0 spiro atoms. The first kappa shape index (κ1) is 13.2. The van der Waals surface area contributed by atoms with Crippen LogP contribution in [0.25, 0.3) is 0 Å². The third-order valence-electron chi connectivity index (χ3n) is 1.44. The summed E-state index contributed by atoms with van der Waals surface area (Å²) in [6.45, 7) is 2.62. The Morgan fingerprint density at radius 2 is 1.62 bits per heavy atom. The molecule has 0 saturated carbocycles. The van der Waals surface area contributed by atoms with E-state index in [0.29, 0.717) is 0 Å². The van der Waals surface area contributed by atoms with Gasteiger partial charge in [0, 0.05) is 0 Å². The van der Waals surface area contributed by atoms with Crippen LogP contribution >= 0.6 is 11.1 Å². The maximum absolute atomic E-state index is 13.0. The Morgan fingerprint density at radius 3 is 1.85 bits per heavy atom. The van der Waals surface area contributed by atoms with Crippen molar-refractivity contribution in [2.75, 3.05) is 6.61 Å². The highest BCUT2D eigenvalue weighted by Gasteiger charge is 2.67. The second-order valence-electron chi connectivity index (χ2n) is 3.00. The van der Waals surface area contributed by atoms with Crippen molar-refractivity contribution in [2.45, 2.75) is 31.7 Å². The number of hydrogen-bond acceptors (Lipinski definition) is 1. The topological polar surface area (TPSA) is 9.23 Å². The van der Waals surface area contributed by atoms with E-state index in [1.54, 1.807) is 0 Å². The van der Waals surface area contributed by atoms with E-state index >= 15 is 0 Å². The first-order valence-electron chi connectivity index (χ1n) is 3.64. The summed E-state index contributed by atoms with van der Waals surface area (Å²) >= 11 is 5.27. The minimum absolute atomic E-state index is 0.482. The van der Waals surface area contributed by atoms with E-state index in [1.807, 2.05) is 0 Å². The lowest BCUT2D eigenvalue weighted by Crippen LogP contribution is -2.57. The summed E-state index contributed by atoms with van der Waals surface area (Å²) in [6, 6.07) is 0. The van der Waals surface area contributed by atoms with Crippen LogP contribution in [0.2, 0.25) is 13.1 Å². The fourth-order valence-corrected chi connectivity index (χ4v) is 1.71. The Hall–Kier alpha value is 0.187. The lowest BCUT2D eigenvalue weighted by molar-refractivity contribution is -0.318. The van der Waals surface area contributed by atoms with Gasteiger partial charge in [0.1, 0.15) is 0 Å². The van der Waals surface area contributed by atoms with Gasteiger partial charge in [-0.05, 0) is 6.92 Å². The van der Waals surface area contributed by atoms with Crippen LogP contribution in [0, 0.1) is 0 Å². The summed E-state index contributed by atoms with van der Waals surface area (Å²) in [5.41, 5.74) is -4.27. The highest BCUT2D eigenvalue weighted by molar-refractivity contribution is 7.20. The average Bonchev–Trinajstić information content (AvgIpc) is 1.84. The zero-order valence-corrected chi connectivity index (χ0v) is 9.26. The molecule has 0 radical (unpaired) electrons. The first-order valence-corrected chi connectivity index (χ1v) is 7.66. The van der Waals surface area contributed by atoms with E-state index in [4.69, 9.17) is 11.1 Å². The van der Waals surface area contributed by atoms with Gasteiger partial charge in [-0.2, -0.15) is 19.9 Å². The van der Waals surface area contributed by atoms with Gasteiger partial charge in [0.2, 0.25) is 7.38 Å². The van der Waals surface area contributed by atoms with E-state index in [1.165, 1.54) is 6.92 Å². The maximum atomic E-state index is 13.0. The number of halogens is 5. The Balaban J connectivity index is 4.81. The highest BCUT2D eigenvalue weighted by Crippen LogP contribution is 2.43. The molecule has 0 aliphatic carbocycles. The molecule has 13 heavy (non-hydrogen) atoms. The van der Waals surface area contributed by atoms with Crippen LogP contribution in [0.3, 0.4) is 0 Å². The molecule has 0 aromatic rings. The van der Waals surface area contributed by atoms with Gasteiger partial charge in [0.15, 0.2) is 0 Å². The molecule has 0 heterocycles. The van der Waals surface area contributed by atoms with E-state index < -0.39 is 25.6 Å². The normalized spacial score (nSPS) is 14.8. The number of alkyl halides is 4. The van der Waals surface area contributed by atoms with E-state index in [2.05, 4.69) is 4.74 Å². The van der Waals surface area contributed by atoms with Crippen molar-refractivity contribution in [1.29, 1.82) is 0 Å². The second-order valence-corrected chi connectivity index (χ2v) is 9.40. The van der Waals surface area contributed by atoms with Crippen LogP contribution in [-0.2, 0) is 4.74 Å². The average molecular weight is 239 g/mol. The smallest absolute Gasteiger partial charge is 0.316 e. The standard InChI is InChI=1S/C6H11ClF4OSi/c1-4-12-5(8,9)6(10,11)13(2,3)7/h4H2,1-3H3. The molecule has 0 aliphatic rings. The van der Waals surface area contributed by atoms with E-state index in [9.17, 15) is 17.6 Å². The Bertz CT molecular complexity index is 180. The number of ether oxygens (including phenoxy) is 1. The van der Waals surface area contributed by atoms with Crippen LogP contribution in [0.5, 0.6) is 0 Å². The van der Waals surface area contributed by atoms with Crippen LogP contribution in [0.1, 0.15) is 6.92 Å². The molecule has 0 bridgehead atoms. The van der Waals surface area contributed by atoms with Gasteiger partial charge in [-0.1, -0.05) is 13.1 Å². The van der Waals surface area contributed by atoms with Crippen molar-refractivity contribution >= 4 is 18.5 Å². The molecule has 80 valence electrons. The highest BCUT2D eigenvalue weighted by atomic mass is 35.6. The monoisotopic (exact) mass is 238 g/mol. The van der Waals surface area contributed by atoms with Gasteiger partial charge in [-0.15, -0.1) is 0 Å². The van der Waals surface area contributed by atoms with Crippen LogP contribution in [-0.4, -0.2) is 25.6 Å². The summed E-state index contributed by atoms with van der Waals surface area (Å²) in [5.74, 6) is 0. The zero-order chi connectivity index (χ0) is 10.9. The van der Waals surface area contributed by atoms with Gasteiger partial charge < -0.3 is 4.74 Å². The molecule has 0 unspecified atom stereocenters. The molecule has 0 saturated heterocycles. The third kappa shape index (κ3) is 2.57. The SMILES string of the molecule is CCOC(F)(F)C(F)(F)[Si](C)(C)Cl. The summed E-state index contributed by atoms with van der Waals surface area (Å²) in [6.07, 6.45) is -4.47. The van der Waals surface area contributed by atoms with Crippen molar-refractivity contribution in [3.8, 4) is 0 Å². The molecule has 0 rings (SSSR count). The van der Waals surface area contributed by atoms with E-state index in [-0.39, 0.29) is 0 Å². The fraction of sp³-hybridized carbons (Fsp3) is 1.00.